The molecule has 0 aliphatic heterocycles. The van der Waals surface area contributed by atoms with Crippen LogP contribution in [-0.4, -0.2) is 33.3 Å². The molecule has 2 heterocycles. The Morgan fingerprint density at radius 3 is 2.50 bits per heavy atom. The Balaban J connectivity index is 0.000000259. The highest BCUT2D eigenvalue weighted by Gasteiger charge is 2.20. The van der Waals surface area contributed by atoms with Gasteiger partial charge in [0.05, 0.1) is 29.0 Å². The minimum Gasteiger partial charge on any atom is -0.490 e. The number of rotatable bonds is 7. The molecule has 0 bridgehead atoms. The van der Waals surface area contributed by atoms with Crippen LogP contribution in [0.2, 0.25) is 0 Å². The van der Waals surface area contributed by atoms with Crippen LogP contribution < -0.4 is 20.5 Å². The number of nitrogens with one attached hydrogen (secondary N) is 1. The van der Waals surface area contributed by atoms with E-state index >= 15 is 0 Å². The third-order valence-corrected chi connectivity index (χ3v) is 7.06. The maximum Gasteiger partial charge on any atom is 0.211 e. The van der Waals surface area contributed by atoms with E-state index in [9.17, 15) is 4.79 Å². The van der Waals surface area contributed by atoms with Gasteiger partial charge in [0.25, 0.3) is 0 Å². The first-order valence-corrected chi connectivity index (χ1v) is 14.0. The molecule has 1 aliphatic rings. The van der Waals surface area contributed by atoms with Gasteiger partial charge in [0, 0.05) is 23.8 Å². The highest BCUT2D eigenvalue weighted by Crippen LogP contribution is 2.34. The fraction of sp³-hybridized carbons (Fsp3) is 0.406. The van der Waals surface area contributed by atoms with Gasteiger partial charge in [0.2, 0.25) is 6.41 Å². The molecule has 0 spiro atoms. The quantitative estimate of drug-likeness (QED) is 0.250. The summed E-state index contributed by atoms with van der Waals surface area (Å²) in [5.41, 5.74) is 10.0. The highest BCUT2D eigenvalue weighted by molar-refractivity contribution is 5.86. The van der Waals surface area contributed by atoms with Crippen LogP contribution in [-0.2, 0) is 16.8 Å². The summed E-state index contributed by atoms with van der Waals surface area (Å²) in [5, 5.41) is 7.60. The summed E-state index contributed by atoms with van der Waals surface area (Å²) in [7, 11) is 0. The lowest BCUT2D eigenvalue weighted by Gasteiger charge is -2.26. The molecule has 2 aromatic carbocycles. The maximum absolute atomic E-state index is 10.1. The minimum absolute atomic E-state index is 0.0389. The Labute approximate surface area is 236 Å². The van der Waals surface area contributed by atoms with Crippen molar-refractivity contribution in [2.45, 2.75) is 84.4 Å². The van der Waals surface area contributed by atoms with E-state index in [0.717, 1.165) is 71.5 Å². The molecule has 1 fully saturated rings. The number of nitrogens with two attached hydrogens (primary N) is 1. The summed E-state index contributed by atoms with van der Waals surface area (Å²) < 4.78 is 14.3. The van der Waals surface area contributed by atoms with Crippen LogP contribution >= 0.6 is 0 Å². The molecule has 0 saturated heterocycles. The monoisotopic (exact) mass is 543 g/mol. The molecule has 40 heavy (non-hydrogen) atoms. The SMILES string of the molecule is CC(C)(C)n1cc(NC=O)cn1.CCc1ccc(Oc2ccnc3ccc(OC4CCC(N)CC4)cc23)c(C)c1. The van der Waals surface area contributed by atoms with E-state index in [4.69, 9.17) is 15.2 Å². The Hall–Kier alpha value is -3.91. The van der Waals surface area contributed by atoms with Gasteiger partial charge < -0.3 is 20.5 Å². The van der Waals surface area contributed by atoms with E-state index in [2.05, 4.69) is 41.4 Å². The summed E-state index contributed by atoms with van der Waals surface area (Å²) in [6.07, 6.45) is 11.2. The largest absolute Gasteiger partial charge is 0.490 e. The van der Waals surface area contributed by atoms with Crippen LogP contribution in [0.4, 0.5) is 5.69 Å². The second-order valence-electron chi connectivity index (χ2n) is 11.3. The number of benzene rings is 2. The number of fused-ring (bicyclic) bond motifs is 1. The number of carbonyl (C=O) groups is 1. The van der Waals surface area contributed by atoms with E-state index < -0.39 is 0 Å². The molecular weight excluding hydrogens is 502 g/mol. The first-order chi connectivity index (χ1) is 19.2. The number of amides is 1. The zero-order valence-corrected chi connectivity index (χ0v) is 24.2. The van der Waals surface area contributed by atoms with Crippen LogP contribution in [0.15, 0.2) is 61.1 Å². The second-order valence-corrected chi connectivity index (χ2v) is 11.3. The topological polar surface area (TPSA) is 104 Å². The zero-order valence-electron chi connectivity index (χ0n) is 24.2. The third kappa shape index (κ3) is 7.60. The molecule has 2 aromatic heterocycles. The number of hydrogen-bond acceptors (Lipinski definition) is 6. The van der Waals surface area contributed by atoms with Crippen molar-refractivity contribution >= 4 is 23.0 Å². The van der Waals surface area contributed by atoms with Crippen molar-refractivity contribution in [3.05, 3.63) is 72.2 Å². The molecule has 1 aliphatic carbocycles. The van der Waals surface area contributed by atoms with Gasteiger partial charge in [-0.15, -0.1) is 0 Å². The number of ether oxygens (including phenoxy) is 2. The van der Waals surface area contributed by atoms with E-state index in [1.807, 2.05) is 51.1 Å². The number of aromatic nitrogens is 3. The van der Waals surface area contributed by atoms with Gasteiger partial charge >= 0.3 is 0 Å². The predicted molar refractivity (Wildman–Crippen MR) is 160 cm³/mol. The van der Waals surface area contributed by atoms with E-state index in [0.29, 0.717) is 12.5 Å². The Bertz CT molecular complexity index is 1420. The highest BCUT2D eigenvalue weighted by atomic mass is 16.5. The number of nitrogens with zero attached hydrogens (tertiary/aromatic N) is 3. The maximum atomic E-state index is 10.1. The van der Waals surface area contributed by atoms with Gasteiger partial charge in [0.15, 0.2) is 0 Å². The van der Waals surface area contributed by atoms with Crippen molar-refractivity contribution in [3.8, 4) is 17.2 Å². The summed E-state index contributed by atoms with van der Waals surface area (Å²) in [4.78, 5) is 14.6. The Kier molecular flexibility index (Phi) is 9.42. The summed E-state index contributed by atoms with van der Waals surface area (Å²) in [6, 6.07) is 14.6. The summed E-state index contributed by atoms with van der Waals surface area (Å²) in [5.74, 6) is 2.54. The van der Waals surface area contributed by atoms with Gasteiger partial charge in [-0.05, 0) is 101 Å². The van der Waals surface area contributed by atoms with E-state index in [1.165, 1.54) is 5.56 Å². The van der Waals surface area contributed by atoms with Crippen molar-refractivity contribution < 1.29 is 14.3 Å². The normalized spacial score (nSPS) is 17.1. The predicted octanol–water partition coefficient (Wildman–Crippen LogP) is 6.75. The van der Waals surface area contributed by atoms with Crippen LogP contribution in [0.5, 0.6) is 17.2 Å². The standard InChI is InChI=1S/C24H28N2O2.C8H13N3O/c1-3-17-4-11-23(16(2)14-17)28-24-12-13-26-22-10-9-20(15-21(22)24)27-19-7-5-18(25)6-8-19;1-8(2,3)11-5-7(4-10-11)9-6-12/h4,9-15,18-19H,3,5-8,25H2,1-2H3;4-6H,1-3H3,(H,9,12). The lowest BCUT2D eigenvalue weighted by Crippen LogP contribution is -2.31. The third-order valence-electron chi connectivity index (χ3n) is 7.06. The molecular formula is C32H41N5O3. The van der Waals surface area contributed by atoms with Crippen molar-refractivity contribution in [2.24, 2.45) is 5.73 Å². The van der Waals surface area contributed by atoms with Gasteiger partial charge in [-0.3, -0.25) is 14.5 Å². The fourth-order valence-electron chi connectivity index (χ4n) is 4.66. The van der Waals surface area contributed by atoms with Crippen molar-refractivity contribution in [1.82, 2.24) is 14.8 Å². The molecule has 212 valence electrons. The van der Waals surface area contributed by atoms with Crippen LogP contribution in [0.1, 0.15) is 64.5 Å². The van der Waals surface area contributed by atoms with Crippen molar-refractivity contribution in [3.63, 3.8) is 0 Å². The molecule has 1 amide bonds. The number of pyridine rings is 1. The van der Waals surface area contributed by atoms with Gasteiger partial charge in [0.1, 0.15) is 17.2 Å². The zero-order chi connectivity index (χ0) is 28.7. The molecule has 0 atom stereocenters. The summed E-state index contributed by atoms with van der Waals surface area (Å²) >= 11 is 0. The number of carbonyl (C=O) groups excluding carboxylic acids is 1. The summed E-state index contributed by atoms with van der Waals surface area (Å²) in [6.45, 7) is 10.4. The Morgan fingerprint density at radius 2 is 1.85 bits per heavy atom. The molecule has 0 radical (unpaired) electrons. The fourth-order valence-corrected chi connectivity index (χ4v) is 4.66. The molecule has 8 nitrogen and oxygen atoms in total. The molecule has 1 saturated carbocycles. The number of anilines is 1. The second kappa shape index (κ2) is 13.0. The minimum atomic E-state index is -0.0389. The van der Waals surface area contributed by atoms with Gasteiger partial charge in [-0.25, -0.2) is 0 Å². The van der Waals surface area contributed by atoms with Gasteiger partial charge in [-0.1, -0.05) is 19.1 Å². The van der Waals surface area contributed by atoms with E-state index in [-0.39, 0.29) is 11.6 Å². The molecule has 8 heteroatoms. The lowest BCUT2D eigenvalue weighted by atomic mass is 9.94. The molecule has 3 N–H and O–H groups in total. The van der Waals surface area contributed by atoms with Crippen LogP contribution in [0.25, 0.3) is 10.9 Å². The lowest BCUT2D eigenvalue weighted by molar-refractivity contribution is -0.105. The average Bonchev–Trinajstić information content (AvgIpc) is 3.41. The molecule has 5 rings (SSSR count). The van der Waals surface area contributed by atoms with Crippen molar-refractivity contribution in [2.75, 3.05) is 5.32 Å². The molecule has 0 unspecified atom stereocenters. The van der Waals surface area contributed by atoms with E-state index in [1.54, 1.807) is 23.3 Å². The average molecular weight is 544 g/mol. The van der Waals surface area contributed by atoms with Crippen LogP contribution in [0, 0.1) is 6.92 Å². The first-order valence-electron chi connectivity index (χ1n) is 14.0. The van der Waals surface area contributed by atoms with Crippen molar-refractivity contribution in [1.29, 1.82) is 0 Å². The number of aryl methyl sites for hydroxylation is 2. The Morgan fingerprint density at radius 1 is 1.07 bits per heavy atom. The number of hydrogen-bond donors (Lipinski definition) is 2. The van der Waals surface area contributed by atoms with Gasteiger partial charge in [-0.2, -0.15) is 5.10 Å². The molecule has 4 aromatic rings. The smallest absolute Gasteiger partial charge is 0.211 e. The van der Waals surface area contributed by atoms with Crippen LogP contribution in [0.3, 0.4) is 0 Å². The first kappa shape index (κ1) is 29.1.